The van der Waals surface area contributed by atoms with Gasteiger partial charge >= 0.3 is 0 Å². The second kappa shape index (κ2) is 7.31. The van der Waals surface area contributed by atoms with Gasteiger partial charge in [0.15, 0.2) is 0 Å². The Bertz CT molecular complexity index is 743. The molecule has 0 bridgehead atoms. The molecule has 0 amide bonds. The topological polar surface area (TPSA) is 61.3 Å². The first kappa shape index (κ1) is 17.5. The lowest BCUT2D eigenvalue weighted by atomic mass is 9.75. The van der Waals surface area contributed by atoms with Crippen LogP contribution in [0.4, 0.5) is 20.5 Å². The van der Waals surface area contributed by atoms with Crippen molar-refractivity contribution in [1.82, 2.24) is 9.97 Å². The zero-order valence-electron chi connectivity index (χ0n) is 14.2. The Balaban J connectivity index is 1.83. The number of aliphatic hydroxyl groups is 1. The Morgan fingerprint density at radius 2 is 2.16 bits per heavy atom. The molecule has 1 saturated heterocycles. The maximum atomic E-state index is 14.1. The Hall–Kier alpha value is -2.28. The third-order valence-electron chi connectivity index (χ3n) is 4.76. The zero-order valence-corrected chi connectivity index (χ0v) is 14.2. The van der Waals surface area contributed by atoms with E-state index in [-0.39, 0.29) is 6.61 Å². The second-order valence-electron chi connectivity index (χ2n) is 6.59. The van der Waals surface area contributed by atoms with Crippen molar-refractivity contribution in [3.8, 4) is 0 Å². The first-order valence-electron chi connectivity index (χ1n) is 8.36. The average molecular weight is 348 g/mol. The van der Waals surface area contributed by atoms with Crippen molar-refractivity contribution >= 4 is 11.8 Å². The summed E-state index contributed by atoms with van der Waals surface area (Å²) in [6, 6.07) is 5.38. The highest BCUT2D eigenvalue weighted by atomic mass is 19.1. The Morgan fingerprint density at radius 3 is 2.88 bits per heavy atom. The summed E-state index contributed by atoms with van der Waals surface area (Å²) in [5.74, 6) is 0.138. The van der Waals surface area contributed by atoms with Crippen molar-refractivity contribution in [1.29, 1.82) is 0 Å². The molecule has 1 aliphatic heterocycles. The minimum Gasteiger partial charge on any atom is -0.396 e. The molecule has 5 nitrogen and oxygen atoms in total. The number of nitrogens with one attached hydrogen (secondary N) is 1. The van der Waals surface area contributed by atoms with Crippen LogP contribution in [0.15, 0.2) is 30.5 Å². The fourth-order valence-corrected chi connectivity index (χ4v) is 3.42. The number of aliphatic hydroxyl groups excluding tert-OH is 1. The lowest BCUT2D eigenvalue weighted by Crippen LogP contribution is -2.47. The summed E-state index contributed by atoms with van der Waals surface area (Å²) >= 11 is 0. The smallest absolute Gasteiger partial charge is 0.227 e. The van der Waals surface area contributed by atoms with Gasteiger partial charge < -0.3 is 15.3 Å². The molecule has 1 aliphatic rings. The highest BCUT2D eigenvalue weighted by molar-refractivity contribution is 5.41. The lowest BCUT2D eigenvalue weighted by molar-refractivity contribution is 0.104. The van der Waals surface area contributed by atoms with Crippen molar-refractivity contribution in [2.24, 2.45) is 5.41 Å². The van der Waals surface area contributed by atoms with Gasteiger partial charge in [0.25, 0.3) is 0 Å². The molecule has 7 heteroatoms. The zero-order chi connectivity index (χ0) is 17.9. The summed E-state index contributed by atoms with van der Waals surface area (Å²) in [7, 11) is 1.79. The molecular formula is C18H22F2N4O. The van der Waals surface area contributed by atoms with Gasteiger partial charge in [0.2, 0.25) is 5.95 Å². The molecule has 134 valence electrons. The number of anilines is 2. The fraction of sp³-hybridized carbons (Fsp3) is 0.444. The minimum atomic E-state index is -0.596. The van der Waals surface area contributed by atoms with Crippen molar-refractivity contribution < 1.29 is 13.9 Å². The molecule has 0 aliphatic carbocycles. The van der Waals surface area contributed by atoms with Gasteiger partial charge in [0.05, 0.1) is 6.61 Å². The molecule has 1 atom stereocenters. The van der Waals surface area contributed by atoms with E-state index in [1.165, 1.54) is 12.1 Å². The van der Waals surface area contributed by atoms with Crippen LogP contribution in [0.1, 0.15) is 18.4 Å². The van der Waals surface area contributed by atoms with Gasteiger partial charge in [0.1, 0.15) is 17.5 Å². The van der Waals surface area contributed by atoms with Crippen LogP contribution in [0, 0.1) is 17.0 Å². The Kier molecular flexibility index (Phi) is 5.13. The third-order valence-corrected chi connectivity index (χ3v) is 4.76. The van der Waals surface area contributed by atoms with E-state index >= 15 is 0 Å². The molecule has 0 spiro atoms. The molecule has 2 aromatic rings. The van der Waals surface area contributed by atoms with Gasteiger partial charge in [-0.15, -0.1) is 0 Å². The van der Waals surface area contributed by atoms with Crippen LogP contribution in [0.25, 0.3) is 0 Å². The standard InChI is InChI=1S/C18H22F2N4O/c1-21-16-5-7-22-17(23-16)24-8-2-6-18(11-24,12-25)10-13-3-4-14(19)9-15(13)20/h3-5,7,9,25H,2,6,8,10-12H2,1H3,(H,21,22,23). The fourth-order valence-electron chi connectivity index (χ4n) is 3.42. The normalized spacial score (nSPS) is 20.6. The molecule has 2 N–H and O–H groups in total. The molecule has 3 rings (SSSR count). The molecule has 0 radical (unpaired) electrons. The predicted octanol–water partition coefficient (Wildman–Crippen LogP) is 2.62. The first-order chi connectivity index (χ1) is 12.0. The molecule has 2 heterocycles. The summed E-state index contributed by atoms with van der Waals surface area (Å²) in [6.45, 7) is 1.22. The number of piperidine rings is 1. The van der Waals surface area contributed by atoms with Gasteiger partial charge in [-0.25, -0.2) is 13.8 Å². The van der Waals surface area contributed by atoms with Crippen molar-refractivity contribution in [3.05, 3.63) is 47.7 Å². The molecule has 0 saturated carbocycles. The summed E-state index contributed by atoms with van der Waals surface area (Å²) in [5.41, 5.74) is -0.0853. The van der Waals surface area contributed by atoms with Gasteiger partial charge in [0, 0.05) is 37.8 Å². The Morgan fingerprint density at radius 1 is 1.32 bits per heavy atom. The third kappa shape index (κ3) is 3.87. The van der Waals surface area contributed by atoms with Crippen LogP contribution in [-0.4, -0.2) is 41.8 Å². The van der Waals surface area contributed by atoms with Crippen LogP contribution >= 0.6 is 0 Å². The number of hydrogen-bond donors (Lipinski definition) is 2. The summed E-state index contributed by atoms with van der Waals surface area (Å²) < 4.78 is 27.2. The average Bonchev–Trinajstić information content (AvgIpc) is 2.64. The van der Waals surface area contributed by atoms with Crippen molar-refractivity contribution in [2.45, 2.75) is 19.3 Å². The quantitative estimate of drug-likeness (QED) is 0.870. The van der Waals surface area contributed by atoms with Crippen molar-refractivity contribution in [3.63, 3.8) is 0 Å². The number of hydrogen-bond acceptors (Lipinski definition) is 5. The van der Waals surface area contributed by atoms with E-state index in [0.717, 1.165) is 31.3 Å². The van der Waals surface area contributed by atoms with Gasteiger partial charge in [-0.05, 0) is 37.0 Å². The molecule has 1 unspecified atom stereocenters. The van der Waals surface area contributed by atoms with E-state index in [4.69, 9.17) is 0 Å². The van der Waals surface area contributed by atoms with Crippen LogP contribution < -0.4 is 10.2 Å². The van der Waals surface area contributed by atoms with Gasteiger partial charge in [-0.3, -0.25) is 0 Å². The van der Waals surface area contributed by atoms with E-state index in [9.17, 15) is 13.9 Å². The maximum absolute atomic E-state index is 14.1. The predicted molar refractivity (Wildman–Crippen MR) is 92.6 cm³/mol. The number of aromatic nitrogens is 2. The van der Waals surface area contributed by atoms with Crippen LogP contribution in [0.2, 0.25) is 0 Å². The summed E-state index contributed by atoms with van der Waals surface area (Å²) in [5, 5.41) is 13.0. The van der Waals surface area contributed by atoms with E-state index in [1.807, 2.05) is 4.90 Å². The number of nitrogens with zero attached hydrogens (tertiary/aromatic N) is 3. The molecule has 25 heavy (non-hydrogen) atoms. The molecule has 1 aromatic carbocycles. The van der Waals surface area contributed by atoms with Crippen LogP contribution in [-0.2, 0) is 6.42 Å². The highest BCUT2D eigenvalue weighted by Crippen LogP contribution is 2.35. The second-order valence-corrected chi connectivity index (χ2v) is 6.59. The summed E-state index contributed by atoms with van der Waals surface area (Å²) in [6.07, 6.45) is 3.64. The molecule has 1 aromatic heterocycles. The number of rotatable bonds is 5. The Labute approximate surface area is 145 Å². The first-order valence-corrected chi connectivity index (χ1v) is 8.36. The largest absolute Gasteiger partial charge is 0.396 e. The number of halogens is 2. The number of benzene rings is 1. The lowest BCUT2D eigenvalue weighted by Gasteiger charge is -2.42. The van der Waals surface area contributed by atoms with Crippen molar-refractivity contribution in [2.75, 3.05) is 37.0 Å². The van der Waals surface area contributed by atoms with E-state index in [0.29, 0.717) is 24.5 Å². The minimum absolute atomic E-state index is 0.0773. The summed E-state index contributed by atoms with van der Waals surface area (Å²) in [4.78, 5) is 10.8. The van der Waals surface area contributed by atoms with Gasteiger partial charge in [-0.2, -0.15) is 4.98 Å². The van der Waals surface area contributed by atoms with Crippen LogP contribution in [0.5, 0.6) is 0 Å². The van der Waals surface area contributed by atoms with Crippen LogP contribution in [0.3, 0.4) is 0 Å². The molecule has 1 fully saturated rings. The van der Waals surface area contributed by atoms with E-state index < -0.39 is 17.0 Å². The highest BCUT2D eigenvalue weighted by Gasteiger charge is 2.36. The van der Waals surface area contributed by atoms with Gasteiger partial charge in [-0.1, -0.05) is 6.07 Å². The molecular weight excluding hydrogens is 326 g/mol. The monoisotopic (exact) mass is 348 g/mol. The van der Waals surface area contributed by atoms with E-state index in [1.54, 1.807) is 19.3 Å². The van der Waals surface area contributed by atoms with E-state index in [2.05, 4.69) is 15.3 Å². The maximum Gasteiger partial charge on any atom is 0.227 e. The SMILES string of the molecule is CNc1ccnc(N2CCCC(CO)(Cc3ccc(F)cc3F)C2)n1.